The molecule has 2 aliphatic heterocycles. The highest BCUT2D eigenvalue weighted by Crippen LogP contribution is 2.25. The minimum Gasteiger partial charge on any atom is -0.497 e. The summed E-state index contributed by atoms with van der Waals surface area (Å²) in [7, 11) is 1.65. The Morgan fingerprint density at radius 1 is 1.14 bits per heavy atom. The van der Waals surface area contributed by atoms with Gasteiger partial charge in [0.05, 0.1) is 7.11 Å². The summed E-state index contributed by atoms with van der Waals surface area (Å²) in [4.78, 5) is 16.1. The van der Waals surface area contributed by atoms with Gasteiger partial charge >= 0.3 is 0 Å². The normalized spacial score (nSPS) is 25.2. The minimum atomic E-state index is -0.335. The van der Waals surface area contributed by atoms with E-state index in [1.807, 2.05) is 42.6 Å². The van der Waals surface area contributed by atoms with E-state index in [4.69, 9.17) is 14.5 Å². The Balaban J connectivity index is 1.60. The van der Waals surface area contributed by atoms with Crippen molar-refractivity contribution in [1.29, 1.82) is 0 Å². The SMILES string of the molecule is COc1ccc(OC2=NC(c3cccnc3)N=CC2N2CCNC(C)C2)cc1. The van der Waals surface area contributed by atoms with Crippen LogP contribution in [0.2, 0.25) is 0 Å². The Hall–Kier alpha value is -2.77. The molecule has 1 aromatic carbocycles. The van der Waals surface area contributed by atoms with Crippen LogP contribution in [0.3, 0.4) is 0 Å². The zero-order valence-electron chi connectivity index (χ0n) is 16.2. The zero-order valence-corrected chi connectivity index (χ0v) is 16.2. The molecule has 4 rings (SSSR count). The van der Waals surface area contributed by atoms with Gasteiger partial charge in [0.1, 0.15) is 17.5 Å². The topological polar surface area (TPSA) is 71.3 Å². The van der Waals surface area contributed by atoms with Gasteiger partial charge in [0.2, 0.25) is 5.90 Å². The molecule has 2 aliphatic rings. The molecule has 0 amide bonds. The fourth-order valence-corrected chi connectivity index (χ4v) is 3.46. The quantitative estimate of drug-likeness (QED) is 0.883. The summed E-state index contributed by atoms with van der Waals surface area (Å²) < 4.78 is 11.5. The zero-order chi connectivity index (χ0) is 19.3. The monoisotopic (exact) mass is 379 g/mol. The maximum absolute atomic E-state index is 6.23. The van der Waals surface area contributed by atoms with Crippen LogP contribution in [-0.4, -0.2) is 60.8 Å². The number of nitrogens with zero attached hydrogens (tertiary/aromatic N) is 4. The molecule has 1 saturated heterocycles. The largest absolute Gasteiger partial charge is 0.497 e. The molecule has 1 aromatic heterocycles. The van der Waals surface area contributed by atoms with Crippen LogP contribution in [0.5, 0.6) is 11.5 Å². The molecule has 0 aliphatic carbocycles. The average molecular weight is 379 g/mol. The van der Waals surface area contributed by atoms with Crippen molar-refractivity contribution in [3.05, 3.63) is 54.4 Å². The molecule has 0 spiro atoms. The van der Waals surface area contributed by atoms with E-state index in [2.05, 4.69) is 27.1 Å². The third-order valence-electron chi connectivity index (χ3n) is 4.93. The van der Waals surface area contributed by atoms with Crippen LogP contribution in [0.4, 0.5) is 0 Å². The summed E-state index contributed by atoms with van der Waals surface area (Å²) >= 11 is 0. The molecule has 0 saturated carbocycles. The van der Waals surface area contributed by atoms with Crippen molar-refractivity contribution >= 4 is 12.1 Å². The van der Waals surface area contributed by atoms with Crippen molar-refractivity contribution in [3.63, 3.8) is 0 Å². The van der Waals surface area contributed by atoms with Crippen LogP contribution in [0.25, 0.3) is 0 Å². The number of rotatable bonds is 4. The lowest BCUT2D eigenvalue weighted by molar-refractivity contribution is 0.202. The number of methoxy groups -OCH3 is 1. The number of hydrogen-bond acceptors (Lipinski definition) is 7. The van der Waals surface area contributed by atoms with Gasteiger partial charge in [-0.25, -0.2) is 4.99 Å². The van der Waals surface area contributed by atoms with Gasteiger partial charge in [0.15, 0.2) is 6.17 Å². The van der Waals surface area contributed by atoms with Crippen molar-refractivity contribution < 1.29 is 9.47 Å². The van der Waals surface area contributed by atoms with E-state index in [-0.39, 0.29) is 12.2 Å². The number of aliphatic imine (C=N–C) groups is 2. The van der Waals surface area contributed by atoms with Crippen molar-refractivity contribution in [1.82, 2.24) is 15.2 Å². The highest BCUT2D eigenvalue weighted by atomic mass is 16.5. The van der Waals surface area contributed by atoms with Crippen LogP contribution in [0.15, 0.2) is 58.8 Å². The molecule has 0 radical (unpaired) electrons. The fourth-order valence-electron chi connectivity index (χ4n) is 3.46. The molecule has 7 nitrogen and oxygen atoms in total. The van der Waals surface area contributed by atoms with Crippen LogP contribution in [0.1, 0.15) is 18.7 Å². The molecule has 1 N–H and O–H groups in total. The Labute approximate surface area is 165 Å². The summed E-state index contributed by atoms with van der Waals surface area (Å²) in [5.41, 5.74) is 0.946. The van der Waals surface area contributed by atoms with E-state index >= 15 is 0 Å². The highest BCUT2D eigenvalue weighted by Gasteiger charge is 2.31. The van der Waals surface area contributed by atoms with Gasteiger partial charge in [0, 0.05) is 49.8 Å². The van der Waals surface area contributed by atoms with Gasteiger partial charge in [-0.15, -0.1) is 0 Å². The first-order chi connectivity index (χ1) is 13.7. The summed E-state index contributed by atoms with van der Waals surface area (Å²) in [6, 6.07) is 11.8. The standard InChI is InChI=1S/C21H25N5O2/c1-15-14-26(11-10-23-15)19-13-24-20(16-4-3-9-22-12-16)25-21(19)28-18-7-5-17(27-2)6-8-18/h3-9,12-13,15,19-20,23H,10-11,14H2,1-2H3. The predicted molar refractivity (Wildman–Crippen MR) is 109 cm³/mol. The summed E-state index contributed by atoms with van der Waals surface area (Å²) in [5.74, 6) is 2.18. The third kappa shape index (κ3) is 4.21. The van der Waals surface area contributed by atoms with Gasteiger partial charge in [0.25, 0.3) is 0 Å². The highest BCUT2D eigenvalue weighted by molar-refractivity contribution is 6.00. The molecule has 1 fully saturated rings. The number of hydrogen-bond donors (Lipinski definition) is 1. The summed E-state index contributed by atoms with van der Waals surface area (Å²) in [5, 5.41) is 3.47. The first-order valence-corrected chi connectivity index (χ1v) is 9.53. The van der Waals surface area contributed by atoms with E-state index in [1.165, 1.54) is 0 Å². The lowest BCUT2D eigenvalue weighted by Crippen LogP contribution is -2.56. The molecule has 3 heterocycles. The van der Waals surface area contributed by atoms with Crippen molar-refractivity contribution in [2.24, 2.45) is 9.98 Å². The van der Waals surface area contributed by atoms with Gasteiger partial charge in [-0.2, -0.15) is 0 Å². The van der Waals surface area contributed by atoms with Gasteiger partial charge in [-0.05, 0) is 37.3 Å². The van der Waals surface area contributed by atoms with E-state index in [0.717, 1.165) is 36.7 Å². The summed E-state index contributed by atoms with van der Waals surface area (Å²) in [6.07, 6.45) is 5.17. The molecule has 3 atom stereocenters. The number of benzene rings is 1. The first-order valence-electron chi connectivity index (χ1n) is 9.53. The van der Waals surface area contributed by atoms with Crippen LogP contribution in [0, 0.1) is 0 Å². The lowest BCUT2D eigenvalue weighted by atomic mass is 10.1. The molecule has 3 unspecified atom stereocenters. The van der Waals surface area contributed by atoms with Crippen LogP contribution >= 0.6 is 0 Å². The van der Waals surface area contributed by atoms with Crippen molar-refractivity contribution in [3.8, 4) is 11.5 Å². The molecular formula is C21H25N5O2. The Morgan fingerprint density at radius 2 is 1.96 bits per heavy atom. The molecule has 7 heteroatoms. The van der Waals surface area contributed by atoms with Crippen LogP contribution < -0.4 is 14.8 Å². The summed E-state index contributed by atoms with van der Waals surface area (Å²) in [6.45, 7) is 4.96. The smallest absolute Gasteiger partial charge is 0.215 e. The lowest BCUT2D eigenvalue weighted by Gasteiger charge is -2.37. The van der Waals surface area contributed by atoms with E-state index in [9.17, 15) is 0 Å². The number of pyridine rings is 1. The second-order valence-corrected chi connectivity index (χ2v) is 7.00. The Morgan fingerprint density at radius 3 is 2.68 bits per heavy atom. The second-order valence-electron chi connectivity index (χ2n) is 7.00. The van der Waals surface area contributed by atoms with E-state index in [0.29, 0.717) is 11.9 Å². The van der Waals surface area contributed by atoms with Crippen LogP contribution in [-0.2, 0) is 0 Å². The minimum absolute atomic E-state index is 0.0837. The number of aromatic nitrogens is 1. The molecular weight excluding hydrogens is 354 g/mol. The van der Waals surface area contributed by atoms with Gasteiger partial charge < -0.3 is 14.8 Å². The fraction of sp³-hybridized carbons (Fsp3) is 0.381. The van der Waals surface area contributed by atoms with Crippen molar-refractivity contribution in [2.75, 3.05) is 26.7 Å². The average Bonchev–Trinajstić information content (AvgIpc) is 2.75. The van der Waals surface area contributed by atoms with E-state index < -0.39 is 0 Å². The van der Waals surface area contributed by atoms with Gasteiger partial charge in [-0.3, -0.25) is 14.9 Å². The predicted octanol–water partition coefficient (Wildman–Crippen LogP) is 2.31. The van der Waals surface area contributed by atoms with Gasteiger partial charge in [-0.1, -0.05) is 6.07 Å². The molecule has 28 heavy (non-hydrogen) atoms. The maximum atomic E-state index is 6.23. The number of ether oxygens (including phenoxy) is 2. The maximum Gasteiger partial charge on any atom is 0.215 e. The Bertz CT molecular complexity index is 838. The Kier molecular flexibility index (Phi) is 5.64. The third-order valence-corrected chi connectivity index (χ3v) is 4.93. The number of piperazine rings is 1. The molecule has 0 bridgehead atoms. The first kappa shape index (κ1) is 18.6. The molecule has 146 valence electrons. The van der Waals surface area contributed by atoms with E-state index in [1.54, 1.807) is 19.5 Å². The number of nitrogens with one attached hydrogen (secondary N) is 1. The molecule has 2 aromatic rings. The van der Waals surface area contributed by atoms with Crippen molar-refractivity contribution in [2.45, 2.75) is 25.2 Å². The second kappa shape index (κ2) is 8.50.